The van der Waals surface area contributed by atoms with Crippen molar-refractivity contribution >= 4 is 29.2 Å². The molecule has 1 unspecified atom stereocenters. The van der Waals surface area contributed by atoms with Crippen molar-refractivity contribution < 1.29 is 14.3 Å². The van der Waals surface area contributed by atoms with Crippen molar-refractivity contribution in [1.82, 2.24) is 15.3 Å². The van der Waals surface area contributed by atoms with Crippen molar-refractivity contribution in [2.45, 2.75) is 32.8 Å². The van der Waals surface area contributed by atoms with E-state index in [9.17, 15) is 14.3 Å². The maximum Gasteiger partial charge on any atom is 0.253 e. The Bertz CT molecular complexity index is 721. The Morgan fingerprint density at radius 2 is 2.05 bits per heavy atom. The van der Waals surface area contributed by atoms with Crippen LogP contribution >= 0.6 is 12.2 Å². The minimum Gasteiger partial charge on any atom is -0.391 e. The average molecular weight is 325 g/mol. The van der Waals surface area contributed by atoms with Crippen LogP contribution in [-0.4, -0.2) is 33.6 Å². The van der Waals surface area contributed by atoms with Gasteiger partial charge in [-0.25, -0.2) is 4.39 Å². The van der Waals surface area contributed by atoms with Crippen LogP contribution < -0.4 is 5.32 Å². The molecule has 1 heterocycles. The standard InChI is InChI=1S/C15H20FN3O2S/c1-3-8(4-2)12(20)7-17-14(21)10-5-9(16)6-11-13(10)19-15(22)18-11/h5-6,8,12,20H,3-4,7H2,1-2H3,(H,17,21)(H2,18,19,22). The predicted octanol–water partition coefficient (Wildman–Crippen LogP) is 2.89. The van der Waals surface area contributed by atoms with E-state index >= 15 is 0 Å². The van der Waals surface area contributed by atoms with Crippen LogP contribution in [0.4, 0.5) is 4.39 Å². The molecule has 0 aliphatic rings. The predicted molar refractivity (Wildman–Crippen MR) is 85.9 cm³/mol. The molecule has 0 spiro atoms. The van der Waals surface area contributed by atoms with E-state index in [1.165, 1.54) is 6.07 Å². The van der Waals surface area contributed by atoms with Crippen molar-refractivity contribution in [3.8, 4) is 0 Å². The third kappa shape index (κ3) is 3.53. The first-order valence-electron chi connectivity index (χ1n) is 7.34. The van der Waals surface area contributed by atoms with Crippen molar-refractivity contribution in [2.24, 2.45) is 5.92 Å². The molecule has 0 saturated carbocycles. The van der Waals surface area contributed by atoms with Crippen molar-refractivity contribution in [1.29, 1.82) is 0 Å². The third-order valence-corrected chi connectivity index (χ3v) is 4.10. The largest absolute Gasteiger partial charge is 0.391 e. The van der Waals surface area contributed by atoms with Gasteiger partial charge in [0.05, 0.1) is 22.7 Å². The maximum atomic E-state index is 13.6. The minimum atomic E-state index is -0.618. The molecule has 1 aromatic heterocycles. The summed E-state index contributed by atoms with van der Waals surface area (Å²) >= 11 is 4.97. The second kappa shape index (κ2) is 7.02. The van der Waals surface area contributed by atoms with E-state index in [0.717, 1.165) is 18.9 Å². The number of imidazole rings is 1. The number of nitrogens with one attached hydrogen (secondary N) is 3. The Hall–Kier alpha value is -1.73. The summed E-state index contributed by atoms with van der Waals surface area (Å²) in [7, 11) is 0. The van der Waals surface area contributed by atoms with Gasteiger partial charge in [-0.3, -0.25) is 4.79 Å². The average Bonchev–Trinajstić information content (AvgIpc) is 2.85. The summed E-state index contributed by atoms with van der Waals surface area (Å²) in [6.45, 7) is 4.12. The van der Waals surface area contributed by atoms with Crippen LogP contribution in [0.5, 0.6) is 0 Å². The molecule has 0 fully saturated rings. The Kier molecular flexibility index (Phi) is 5.31. The number of benzene rings is 1. The second-order valence-corrected chi connectivity index (χ2v) is 5.72. The fourth-order valence-corrected chi connectivity index (χ4v) is 2.79. The normalized spacial score (nSPS) is 12.8. The molecule has 2 rings (SSSR count). The highest BCUT2D eigenvalue weighted by atomic mass is 32.1. The smallest absolute Gasteiger partial charge is 0.253 e. The van der Waals surface area contributed by atoms with E-state index in [1.54, 1.807) is 0 Å². The summed E-state index contributed by atoms with van der Waals surface area (Å²) < 4.78 is 13.9. The molecular weight excluding hydrogens is 305 g/mol. The second-order valence-electron chi connectivity index (χ2n) is 5.31. The number of hydrogen-bond acceptors (Lipinski definition) is 3. The number of fused-ring (bicyclic) bond motifs is 1. The number of halogens is 1. The summed E-state index contributed by atoms with van der Waals surface area (Å²) in [6, 6.07) is 2.43. The summed E-state index contributed by atoms with van der Waals surface area (Å²) in [4.78, 5) is 17.9. The van der Waals surface area contributed by atoms with Gasteiger partial charge in [-0.2, -0.15) is 0 Å². The number of hydrogen-bond donors (Lipinski definition) is 4. The monoisotopic (exact) mass is 325 g/mol. The number of aromatic amines is 2. The fraction of sp³-hybridized carbons (Fsp3) is 0.467. The Morgan fingerprint density at radius 3 is 2.68 bits per heavy atom. The number of amides is 1. The Labute approximate surface area is 132 Å². The third-order valence-electron chi connectivity index (χ3n) is 3.90. The molecule has 0 radical (unpaired) electrons. The van der Waals surface area contributed by atoms with E-state index in [0.29, 0.717) is 15.8 Å². The van der Waals surface area contributed by atoms with Gasteiger partial charge in [-0.1, -0.05) is 26.7 Å². The minimum absolute atomic E-state index is 0.130. The zero-order chi connectivity index (χ0) is 16.3. The van der Waals surface area contributed by atoms with Crippen LogP contribution in [0.1, 0.15) is 37.0 Å². The molecule has 0 aliphatic carbocycles. The van der Waals surface area contributed by atoms with Gasteiger partial charge in [-0.15, -0.1) is 0 Å². The summed E-state index contributed by atoms with van der Waals surface area (Å²) in [6.07, 6.45) is 1.05. The van der Waals surface area contributed by atoms with Gasteiger partial charge >= 0.3 is 0 Å². The lowest BCUT2D eigenvalue weighted by Crippen LogP contribution is -2.36. The van der Waals surface area contributed by atoms with E-state index in [1.807, 2.05) is 13.8 Å². The fourth-order valence-electron chi connectivity index (χ4n) is 2.58. The van der Waals surface area contributed by atoms with Gasteiger partial charge in [0.25, 0.3) is 5.91 Å². The Balaban J connectivity index is 2.18. The lowest BCUT2D eigenvalue weighted by Gasteiger charge is -2.20. The number of rotatable bonds is 6. The molecular formula is C15H20FN3O2S. The molecule has 22 heavy (non-hydrogen) atoms. The van der Waals surface area contributed by atoms with Gasteiger partial charge in [0.1, 0.15) is 5.82 Å². The quantitative estimate of drug-likeness (QED) is 0.617. The molecule has 1 amide bonds. The van der Waals surface area contributed by atoms with Crippen LogP contribution in [0.25, 0.3) is 11.0 Å². The molecule has 0 saturated heterocycles. The molecule has 0 aliphatic heterocycles. The van der Waals surface area contributed by atoms with Crippen LogP contribution in [0.3, 0.4) is 0 Å². The van der Waals surface area contributed by atoms with E-state index in [-0.39, 0.29) is 18.0 Å². The van der Waals surface area contributed by atoms with Gasteiger partial charge in [0.2, 0.25) is 0 Å². The van der Waals surface area contributed by atoms with Crippen LogP contribution in [-0.2, 0) is 0 Å². The molecule has 7 heteroatoms. The molecule has 0 bridgehead atoms. The summed E-state index contributed by atoms with van der Waals surface area (Å²) in [5, 5.41) is 12.7. The lowest BCUT2D eigenvalue weighted by molar-refractivity contribution is 0.0817. The number of carbonyl (C=O) groups is 1. The zero-order valence-corrected chi connectivity index (χ0v) is 13.4. The zero-order valence-electron chi connectivity index (χ0n) is 12.6. The van der Waals surface area contributed by atoms with Crippen molar-refractivity contribution in [2.75, 3.05) is 6.54 Å². The first-order chi connectivity index (χ1) is 10.5. The summed E-state index contributed by atoms with van der Waals surface area (Å²) in [5.74, 6) is -0.839. The first kappa shape index (κ1) is 16.6. The van der Waals surface area contributed by atoms with Gasteiger partial charge < -0.3 is 20.4 Å². The lowest BCUT2D eigenvalue weighted by atomic mass is 9.96. The molecule has 1 atom stereocenters. The molecule has 5 nitrogen and oxygen atoms in total. The van der Waals surface area contributed by atoms with Crippen LogP contribution in [0, 0.1) is 16.5 Å². The van der Waals surface area contributed by atoms with Gasteiger partial charge in [0, 0.05) is 6.54 Å². The van der Waals surface area contributed by atoms with Crippen LogP contribution in [0.2, 0.25) is 0 Å². The summed E-state index contributed by atoms with van der Waals surface area (Å²) in [5.41, 5.74) is 1.07. The number of H-pyrrole nitrogens is 2. The highest BCUT2D eigenvalue weighted by Crippen LogP contribution is 2.18. The van der Waals surface area contributed by atoms with E-state index in [4.69, 9.17) is 12.2 Å². The van der Waals surface area contributed by atoms with Crippen molar-refractivity contribution in [3.63, 3.8) is 0 Å². The van der Waals surface area contributed by atoms with Gasteiger partial charge in [0.15, 0.2) is 4.77 Å². The van der Waals surface area contributed by atoms with Crippen LogP contribution in [0.15, 0.2) is 12.1 Å². The highest BCUT2D eigenvalue weighted by molar-refractivity contribution is 7.71. The maximum absolute atomic E-state index is 13.6. The topological polar surface area (TPSA) is 80.9 Å². The molecule has 120 valence electrons. The van der Waals surface area contributed by atoms with Crippen molar-refractivity contribution in [3.05, 3.63) is 28.3 Å². The number of carbonyl (C=O) groups excluding carboxylic acids is 1. The van der Waals surface area contributed by atoms with E-state index < -0.39 is 17.8 Å². The number of aromatic nitrogens is 2. The number of aliphatic hydroxyl groups excluding tert-OH is 1. The molecule has 1 aromatic carbocycles. The molecule has 2 aromatic rings. The Morgan fingerprint density at radius 1 is 1.36 bits per heavy atom. The number of aliphatic hydroxyl groups is 1. The van der Waals surface area contributed by atoms with E-state index in [2.05, 4.69) is 15.3 Å². The van der Waals surface area contributed by atoms with Gasteiger partial charge in [-0.05, 0) is 30.3 Å². The first-order valence-corrected chi connectivity index (χ1v) is 7.74. The SMILES string of the molecule is CCC(CC)C(O)CNC(=O)c1cc(F)cc2[nH]c(=S)[nH]c12. The molecule has 4 N–H and O–H groups in total. The highest BCUT2D eigenvalue weighted by Gasteiger charge is 2.18.